The van der Waals surface area contributed by atoms with E-state index in [1.807, 2.05) is 0 Å². The Balaban J connectivity index is 1.78. The van der Waals surface area contributed by atoms with Crippen molar-refractivity contribution < 1.29 is 38.9 Å². The first kappa shape index (κ1) is 22.2. The second kappa shape index (κ2) is 9.08. The van der Waals surface area contributed by atoms with Gasteiger partial charge in [0.05, 0.1) is 12.3 Å². The molecule has 0 aromatic heterocycles. The number of hydrogen-bond donors (Lipinski definition) is 4. The highest BCUT2D eigenvalue weighted by molar-refractivity contribution is 8.00. The molecule has 2 aliphatic rings. The second-order valence-corrected chi connectivity index (χ2v) is 7.66. The average Bonchev–Trinajstić information content (AvgIpc) is 2.72. The summed E-state index contributed by atoms with van der Waals surface area (Å²) in [6.07, 6.45) is -0.847. The Kier molecular flexibility index (Phi) is 6.49. The summed E-state index contributed by atoms with van der Waals surface area (Å²) in [5.41, 5.74) is -0.164. The van der Waals surface area contributed by atoms with E-state index in [-0.39, 0.29) is 23.6 Å². The number of rotatable bonds is 7. The number of benzene rings is 1. The van der Waals surface area contributed by atoms with Gasteiger partial charge in [0.1, 0.15) is 11.4 Å². The topological polar surface area (TPSA) is 162 Å². The molecular formula is C19H19N3O8S. The van der Waals surface area contributed by atoms with Crippen LogP contribution >= 0.6 is 11.8 Å². The van der Waals surface area contributed by atoms with E-state index < -0.39 is 52.9 Å². The van der Waals surface area contributed by atoms with Gasteiger partial charge in [-0.25, -0.2) is 9.59 Å². The van der Waals surface area contributed by atoms with Crippen LogP contribution in [0.5, 0.6) is 0 Å². The van der Waals surface area contributed by atoms with Crippen LogP contribution in [0.2, 0.25) is 0 Å². The number of hydrogen-bond acceptors (Lipinski definition) is 7. The summed E-state index contributed by atoms with van der Waals surface area (Å²) >= 11 is 1.12. The average molecular weight is 449 g/mol. The minimum Gasteiger partial charge on any atom is -0.480 e. The predicted octanol–water partition coefficient (Wildman–Crippen LogP) is 0.297. The first-order valence-electron chi connectivity index (χ1n) is 9.19. The number of fused-ring (bicyclic) bond motifs is 1. The predicted molar refractivity (Wildman–Crippen MR) is 107 cm³/mol. The van der Waals surface area contributed by atoms with Gasteiger partial charge in [-0.3, -0.25) is 24.6 Å². The molecule has 1 aromatic rings. The fourth-order valence-corrected chi connectivity index (χ4v) is 4.58. The Morgan fingerprint density at radius 2 is 1.90 bits per heavy atom. The number of nitrogens with zero attached hydrogens (tertiary/aromatic N) is 1. The number of aliphatic carboxylic acids is 2. The third-order valence-electron chi connectivity index (χ3n) is 4.64. The van der Waals surface area contributed by atoms with Crippen LogP contribution in [0.1, 0.15) is 18.4 Å². The fourth-order valence-electron chi connectivity index (χ4n) is 3.29. The zero-order valence-electron chi connectivity index (χ0n) is 16.2. The molecule has 1 fully saturated rings. The van der Waals surface area contributed by atoms with Crippen molar-refractivity contribution in [3.05, 3.63) is 47.3 Å². The summed E-state index contributed by atoms with van der Waals surface area (Å²) in [6.45, 7) is 1.67. The van der Waals surface area contributed by atoms with E-state index in [0.717, 1.165) is 16.7 Å². The molecule has 1 aromatic carbocycles. The molecule has 12 heteroatoms. The largest absolute Gasteiger partial charge is 0.480 e. The van der Waals surface area contributed by atoms with E-state index in [0.29, 0.717) is 0 Å². The Morgan fingerprint density at radius 1 is 1.23 bits per heavy atom. The number of β-lactam (4-membered cyclic amide) rings is 1. The van der Waals surface area contributed by atoms with Gasteiger partial charge < -0.3 is 20.3 Å². The molecule has 0 radical (unpaired) electrons. The molecule has 2 aliphatic heterocycles. The first-order chi connectivity index (χ1) is 14.8. The van der Waals surface area contributed by atoms with E-state index in [2.05, 4.69) is 10.6 Å². The van der Waals surface area contributed by atoms with Crippen molar-refractivity contribution in [2.24, 2.45) is 0 Å². The molecule has 31 heavy (non-hydrogen) atoms. The maximum atomic E-state index is 12.6. The lowest BCUT2D eigenvalue weighted by molar-refractivity contribution is -0.152. The van der Waals surface area contributed by atoms with Gasteiger partial charge in [-0.15, -0.1) is 11.8 Å². The molecule has 0 aliphatic carbocycles. The molecule has 2 heterocycles. The summed E-state index contributed by atoms with van der Waals surface area (Å²) < 4.78 is 4.74. The van der Waals surface area contributed by atoms with Crippen molar-refractivity contribution in [1.29, 1.82) is 0 Å². The number of carboxylic acid groups (broad SMARTS) is 2. The number of ether oxygens (including phenoxy) is 1. The molecule has 1 saturated heterocycles. The SMILES string of the molecule is CCOC(=O)NC1=C(C(=O)O)N2C(=O)C(NC(=O)C(C(=O)O)c3ccccc3)[C@H]2SC1. The van der Waals surface area contributed by atoms with Crippen LogP contribution in [0.25, 0.3) is 0 Å². The molecule has 3 amide bonds. The van der Waals surface area contributed by atoms with Crippen LogP contribution in [0.15, 0.2) is 41.7 Å². The highest BCUT2D eigenvalue weighted by atomic mass is 32.2. The highest BCUT2D eigenvalue weighted by Gasteiger charge is 2.55. The van der Waals surface area contributed by atoms with Crippen LogP contribution in [0.3, 0.4) is 0 Å². The van der Waals surface area contributed by atoms with Gasteiger partial charge in [0.2, 0.25) is 5.91 Å². The second-order valence-electron chi connectivity index (χ2n) is 6.56. The quantitative estimate of drug-likeness (QED) is 0.339. The van der Waals surface area contributed by atoms with Crippen molar-refractivity contribution in [2.45, 2.75) is 24.3 Å². The molecule has 4 N–H and O–H groups in total. The normalized spacial score (nSPS) is 20.8. The van der Waals surface area contributed by atoms with Gasteiger partial charge in [0, 0.05) is 5.75 Å². The van der Waals surface area contributed by atoms with E-state index in [1.165, 1.54) is 12.1 Å². The van der Waals surface area contributed by atoms with Gasteiger partial charge in [0.25, 0.3) is 5.91 Å². The van der Waals surface area contributed by atoms with Gasteiger partial charge in [-0.1, -0.05) is 30.3 Å². The van der Waals surface area contributed by atoms with Gasteiger partial charge in [-0.2, -0.15) is 0 Å². The van der Waals surface area contributed by atoms with Crippen molar-refractivity contribution in [3.8, 4) is 0 Å². The summed E-state index contributed by atoms with van der Waals surface area (Å²) in [5.74, 6) is -5.88. The Morgan fingerprint density at radius 3 is 2.48 bits per heavy atom. The lowest BCUT2D eigenvalue weighted by Gasteiger charge is -2.49. The standard InChI is InChI=1S/C19H19N3O8S/c1-2-30-19(29)20-10-8-31-16-12(15(24)22(16)13(10)18(27)28)21-14(23)11(17(25)26)9-6-4-3-5-7-9/h3-7,11-12,16H,2,8H2,1H3,(H,20,29)(H,21,23)(H,25,26)(H,27,28)/t11?,12?,16-/m1/s1. The number of nitrogens with one attached hydrogen (secondary N) is 2. The molecule has 0 saturated carbocycles. The third-order valence-corrected chi connectivity index (χ3v) is 5.92. The number of carbonyl (C=O) groups is 5. The Hall–Kier alpha value is -3.54. The van der Waals surface area contributed by atoms with E-state index >= 15 is 0 Å². The number of amides is 3. The molecule has 0 spiro atoms. The van der Waals surface area contributed by atoms with Gasteiger partial charge in [-0.05, 0) is 12.5 Å². The molecule has 164 valence electrons. The number of carbonyl (C=O) groups excluding carboxylic acids is 3. The van der Waals surface area contributed by atoms with Gasteiger partial charge >= 0.3 is 18.0 Å². The molecule has 3 rings (SSSR count). The highest BCUT2D eigenvalue weighted by Crippen LogP contribution is 2.40. The number of thioether (sulfide) groups is 1. The Labute approximate surface area is 180 Å². The van der Waals surface area contributed by atoms with Crippen LogP contribution < -0.4 is 10.6 Å². The first-order valence-corrected chi connectivity index (χ1v) is 10.2. The monoisotopic (exact) mass is 449 g/mol. The minimum atomic E-state index is -1.52. The smallest absolute Gasteiger partial charge is 0.411 e. The van der Waals surface area contributed by atoms with Crippen LogP contribution in [-0.4, -0.2) is 68.7 Å². The van der Waals surface area contributed by atoms with Crippen LogP contribution in [-0.2, 0) is 23.9 Å². The molecule has 2 unspecified atom stereocenters. The van der Waals surface area contributed by atoms with Crippen molar-refractivity contribution in [2.75, 3.05) is 12.4 Å². The molecule has 3 atom stereocenters. The summed E-state index contributed by atoms with van der Waals surface area (Å²) in [6, 6.07) is 6.74. The maximum Gasteiger partial charge on any atom is 0.411 e. The number of carboxylic acids is 2. The van der Waals surface area contributed by atoms with Crippen LogP contribution in [0.4, 0.5) is 4.79 Å². The lowest BCUT2D eigenvalue weighted by Crippen LogP contribution is -2.71. The maximum absolute atomic E-state index is 12.6. The summed E-state index contributed by atoms with van der Waals surface area (Å²) in [5, 5.41) is 23.0. The van der Waals surface area contributed by atoms with E-state index in [4.69, 9.17) is 4.74 Å². The summed E-state index contributed by atoms with van der Waals surface area (Å²) in [4.78, 5) is 61.3. The van der Waals surface area contributed by atoms with Crippen LogP contribution in [0, 0.1) is 0 Å². The zero-order valence-corrected chi connectivity index (χ0v) is 17.0. The van der Waals surface area contributed by atoms with Gasteiger partial charge in [0.15, 0.2) is 11.6 Å². The third kappa shape index (κ3) is 4.33. The molecule has 0 bridgehead atoms. The van der Waals surface area contributed by atoms with Crippen molar-refractivity contribution in [1.82, 2.24) is 15.5 Å². The van der Waals surface area contributed by atoms with E-state index in [1.54, 1.807) is 25.1 Å². The molecule has 11 nitrogen and oxygen atoms in total. The number of alkyl carbamates (subject to hydrolysis) is 1. The minimum absolute atomic E-state index is 0.00183. The Bertz CT molecular complexity index is 964. The lowest BCUT2D eigenvalue weighted by atomic mass is 9.96. The zero-order chi connectivity index (χ0) is 22.7. The van der Waals surface area contributed by atoms with Crippen molar-refractivity contribution >= 4 is 41.6 Å². The fraction of sp³-hybridized carbons (Fsp3) is 0.316. The van der Waals surface area contributed by atoms with E-state index in [9.17, 15) is 34.2 Å². The summed E-state index contributed by atoms with van der Waals surface area (Å²) in [7, 11) is 0. The van der Waals surface area contributed by atoms with Crippen molar-refractivity contribution in [3.63, 3.8) is 0 Å². The molecular weight excluding hydrogens is 430 g/mol.